The molecule has 2 radical (unpaired) electrons. The highest BCUT2D eigenvalue weighted by molar-refractivity contribution is 5.71. The van der Waals surface area contributed by atoms with Crippen LogP contribution in [0.5, 0.6) is 0 Å². The van der Waals surface area contributed by atoms with Crippen LogP contribution in [0.2, 0.25) is 0 Å². The Hall–Kier alpha value is -1.51. The highest BCUT2D eigenvalue weighted by Gasteiger charge is 1.90. The van der Waals surface area contributed by atoms with Crippen molar-refractivity contribution in [3.05, 3.63) is 30.6 Å². The van der Waals surface area contributed by atoms with Crippen LogP contribution in [-0.4, -0.2) is 15.2 Å². The Kier molecular flexibility index (Phi) is 1.07. The van der Waals surface area contributed by atoms with E-state index in [-0.39, 0.29) is 0 Å². The first kappa shape index (κ1) is 5.29. The molecule has 0 unspecified atom stereocenters. The fourth-order valence-corrected chi connectivity index (χ4v) is 0.727. The fraction of sp³-hybridized carbons (Fsp3) is 0. The van der Waals surface area contributed by atoms with Gasteiger partial charge in [0.2, 0.25) is 0 Å². The van der Waals surface area contributed by atoms with E-state index in [0.717, 1.165) is 11.0 Å². The Morgan fingerprint density at radius 3 is 3.10 bits per heavy atom. The van der Waals surface area contributed by atoms with E-state index in [1.165, 1.54) is 0 Å². The van der Waals surface area contributed by atoms with Crippen LogP contribution in [0.25, 0.3) is 11.0 Å². The quantitative estimate of drug-likeness (QED) is 0.523. The van der Waals surface area contributed by atoms with Crippen LogP contribution in [0.3, 0.4) is 0 Å². The molecule has 0 N–H and O–H groups in total. The maximum Gasteiger partial charge on any atom is 0.115 e. The smallest absolute Gasteiger partial charge is 0.115 e. The average Bonchev–Trinajstić information content (AvgIpc) is 2.05. The molecule has 3 nitrogen and oxygen atoms in total. The summed E-state index contributed by atoms with van der Waals surface area (Å²) in [7, 11) is 0. The van der Waals surface area contributed by atoms with E-state index in [1.807, 2.05) is 0 Å². The zero-order valence-corrected chi connectivity index (χ0v) is 5.07. The zero-order valence-electron chi connectivity index (χ0n) is 5.07. The van der Waals surface area contributed by atoms with E-state index in [2.05, 4.69) is 27.4 Å². The third-order valence-corrected chi connectivity index (χ3v) is 1.18. The van der Waals surface area contributed by atoms with Gasteiger partial charge in [-0.15, -0.1) is 10.2 Å². The Bertz CT molecular complexity index is 280. The lowest BCUT2D eigenvalue weighted by Crippen LogP contribution is -1.83. The van der Waals surface area contributed by atoms with E-state index in [9.17, 15) is 0 Å². The second-order valence-electron chi connectivity index (χ2n) is 1.81. The van der Waals surface area contributed by atoms with Gasteiger partial charge < -0.3 is 0 Å². The molecule has 2 heterocycles. The predicted molar refractivity (Wildman–Crippen MR) is 35.0 cm³/mol. The summed E-state index contributed by atoms with van der Waals surface area (Å²) in [5.41, 5.74) is 1.55. The molecule has 0 spiro atoms. The van der Waals surface area contributed by atoms with Crippen molar-refractivity contribution in [1.29, 1.82) is 0 Å². The Morgan fingerprint density at radius 1 is 1.20 bits per heavy atom. The third kappa shape index (κ3) is 0.719. The Morgan fingerprint density at radius 2 is 2.20 bits per heavy atom. The number of pyridine rings is 1. The summed E-state index contributed by atoms with van der Waals surface area (Å²) >= 11 is 0. The van der Waals surface area contributed by atoms with Gasteiger partial charge in [0.25, 0.3) is 0 Å². The van der Waals surface area contributed by atoms with Crippen LogP contribution >= 0.6 is 0 Å². The predicted octanol–water partition coefficient (Wildman–Crippen LogP) is 0.625. The molecule has 0 aliphatic heterocycles. The van der Waals surface area contributed by atoms with Crippen molar-refractivity contribution in [2.24, 2.45) is 0 Å². The summed E-state index contributed by atoms with van der Waals surface area (Å²) < 4.78 is 0. The molecule has 10 heavy (non-hydrogen) atoms. The third-order valence-electron chi connectivity index (χ3n) is 1.18. The first-order valence-electron chi connectivity index (χ1n) is 2.82. The summed E-state index contributed by atoms with van der Waals surface area (Å²) in [6.07, 6.45) is 4.19. The van der Waals surface area contributed by atoms with Crippen LogP contribution in [0.4, 0.5) is 0 Å². The van der Waals surface area contributed by atoms with E-state index in [0.29, 0.717) is 0 Å². The zero-order chi connectivity index (χ0) is 6.81. The van der Waals surface area contributed by atoms with Crippen LogP contribution in [0, 0.1) is 12.3 Å². The summed E-state index contributed by atoms with van der Waals surface area (Å²) in [5, 5.41) is 7.36. The maximum absolute atomic E-state index is 3.99. The molecule has 46 valence electrons. The van der Waals surface area contributed by atoms with Crippen molar-refractivity contribution in [2.45, 2.75) is 0 Å². The van der Waals surface area contributed by atoms with E-state index in [4.69, 9.17) is 0 Å². The SMILES string of the molecule is [c]1cnc2c[c]nnc2c1. The summed E-state index contributed by atoms with van der Waals surface area (Å²) in [4.78, 5) is 3.99. The van der Waals surface area contributed by atoms with Gasteiger partial charge in [-0.2, -0.15) is 0 Å². The van der Waals surface area contributed by atoms with Crippen LogP contribution in [0.1, 0.15) is 0 Å². The van der Waals surface area contributed by atoms with Gasteiger partial charge >= 0.3 is 0 Å². The van der Waals surface area contributed by atoms with Crippen molar-refractivity contribution >= 4 is 11.0 Å². The van der Waals surface area contributed by atoms with Gasteiger partial charge in [0.05, 0.1) is 5.52 Å². The minimum Gasteiger partial charge on any atom is -0.254 e. The molecule has 0 aliphatic carbocycles. The molecule has 2 rings (SSSR count). The van der Waals surface area contributed by atoms with E-state index < -0.39 is 0 Å². The summed E-state index contributed by atoms with van der Waals surface area (Å²) in [6.45, 7) is 0. The largest absolute Gasteiger partial charge is 0.254 e. The van der Waals surface area contributed by atoms with Crippen LogP contribution < -0.4 is 0 Å². The summed E-state index contributed by atoms with van der Waals surface area (Å²) in [5.74, 6) is 0. The lowest BCUT2D eigenvalue weighted by atomic mass is 10.3. The van der Waals surface area contributed by atoms with Gasteiger partial charge in [-0.05, 0) is 12.1 Å². The van der Waals surface area contributed by atoms with Gasteiger partial charge in [0.1, 0.15) is 11.7 Å². The number of aromatic nitrogens is 3. The minimum atomic E-state index is 0.751. The Balaban J connectivity index is 2.89. The van der Waals surface area contributed by atoms with Crippen LogP contribution in [-0.2, 0) is 0 Å². The molecular weight excluding hydrogens is 126 g/mol. The molecule has 0 fully saturated rings. The molecule has 0 bridgehead atoms. The van der Waals surface area contributed by atoms with Gasteiger partial charge in [0, 0.05) is 12.3 Å². The van der Waals surface area contributed by atoms with Crippen molar-refractivity contribution < 1.29 is 0 Å². The molecule has 0 saturated heterocycles. The van der Waals surface area contributed by atoms with Crippen LogP contribution in [0.15, 0.2) is 18.3 Å². The monoisotopic (exact) mass is 129 g/mol. The standard InChI is InChI=1S/C7H3N3/c1-2-7-6(8-4-1)3-5-9-10-7/h2-4H. The molecule has 0 aromatic carbocycles. The first-order valence-corrected chi connectivity index (χ1v) is 2.82. The lowest BCUT2D eigenvalue weighted by molar-refractivity contribution is 1.06. The van der Waals surface area contributed by atoms with E-state index >= 15 is 0 Å². The maximum atomic E-state index is 3.99. The number of fused-ring (bicyclic) bond motifs is 1. The first-order chi connectivity index (χ1) is 4.97. The molecule has 0 aliphatic rings. The van der Waals surface area contributed by atoms with Gasteiger partial charge in [-0.25, -0.2) is 0 Å². The molecule has 2 aromatic rings. The van der Waals surface area contributed by atoms with Gasteiger partial charge in [0.15, 0.2) is 0 Å². The topological polar surface area (TPSA) is 38.7 Å². The van der Waals surface area contributed by atoms with Gasteiger partial charge in [-0.3, -0.25) is 4.98 Å². The van der Waals surface area contributed by atoms with E-state index in [1.54, 1.807) is 18.3 Å². The molecule has 0 saturated carbocycles. The Labute approximate surface area is 57.7 Å². The summed E-state index contributed by atoms with van der Waals surface area (Å²) in [6, 6.07) is 6.24. The lowest BCUT2D eigenvalue weighted by Gasteiger charge is -1.88. The molecule has 0 amide bonds. The number of rotatable bonds is 0. The normalized spacial score (nSPS) is 10.0. The van der Waals surface area contributed by atoms with Gasteiger partial charge in [-0.1, -0.05) is 0 Å². The fourth-order valence-electron chi connectivity index (χ4n) is 0.727. The highest BCUT2D eigenvalue weighted by Crippen LogP contribution is 2.01. The highest BCUT2D eigenvalue weighted by atomic mass is 15.1. The van der Waals surface area contributed by atoms with Crippen molar-refractivity contribution in [2.75, 3.05) is 0 Å². The van der Waals surface area contributed by atoms with Crippen molar-refractivity contribution in [3.8, 4) is 0 Å². The number of nitrogens with zero attached hydrogens (tertiary/aromatic N) is 3. The molecule has 2 aromatic heterocycles. The average molecular weight is 129 g/mol. The second kappa shape index (κ2) is 2.02. The van der Waals surface area contributed by atoms with Crippen molar-refractivity contribution in [3.63, 3.8) is 0 Å². The second-order valence-corrected chi connectivity index (χ2v) is 1.81. The molecule has 3 heteroatoms. The molecular formula is C7H3N3. The number of hydrogen-bond donors (Lipinski definition) is 0. The number of hydrogen-bond acceptors (Lipinski definition) is 3. The minimum absolute atomic E-state index is 0.751. The molecule has 0 atom stereocenters. The van der Waals surface area contributed by atoms with Crippen molar-refractivity contribution in [1.82, 2.24) is 15.2 Å².